The van der Waals surface area contributed by atoms with Crippen LogP contribution in [0.2, 0.25) is 0 Å². The Morgan fingerprint density at radius 2 is 1.92 bits per heavy atom. The predicted molar refractivity (Wildman–Crippen MR) is 92.6 cm³/mol. The first-order valence-electron chi connectivity index (χ1n) is 8.59. The van der Waals surface area contributed by atoms with Gasteiger partial charge in [0.1, 0.15) is 6.54 Å². The van der Waals surface area contributed by atoms with Crippen LogP contribution in [0.3, 0.4) is 0 Å². The van der Waals surface area contributed by atoms with Crippen LogP contribution in [0.1, 0.15) is 25.5 Å². The van der Waals surface area contributed by atoms with E-state index in [9.17, 15) is 9.59 Å². The van der Waals surface area contributed by atoms with Crippen molar-refractivity contribution in [2.75, 3.05) is 19.7 Å². The molecule has 24 heavy (non-hydrogen) atoms. The number of aryl methyl sites for hydroxylation is 1. The molecule has 0 aliphatic carbocycles. The number of piperidine rings is 1. The van der Waals surface area contributed by atoms with Gasteiger partial charge in [-0.05, 0) is 44.2 Å². The summed E-state index contributed by atoms with van der Waals surface area (Å²) in [5, 5.41) is 1.16. The molecule has 0 saturated carbocycles. The number of hydrogen-bond donors (Lipinski definition) is 0. The summed E-state index contributed by atoms with van der Waals surface area (Å²) in [6.07, 6.45) is 1.38. The Balaban J connectivity index is 1.64. The van der Waals surface area contributed by atoms with Gasteiger partial charge < -0.3 is 14.2 Å². The topological polar surface area (TPSA) is 51.5 Å². The van der Waals surface area contributed by atoms with Crippen LogP contribution in [-0.4, -0.2) is 41.0 Å². The van der Waals surface area contributed by atoms with Gasteiger partial charge in [0.05, 0.1) is 12.5 Å². The summed E-state index contributed by atoms with van der Waals surface area (Å²) in [7, 11) is 0. The van der Waals surface area contributed by atoms with Crippen LogP contribution in [0.4, 0.5) is 0 Å². The van der Waals surface area contributed by atoms with E-state index in [-0.39, 0.29) is 17.8 Å². The van der Waals surface area contributed by atoms with Crippen molar-refractivity contribution in [1.82, 2.24) is 9.47 Å². The molecule has 1 fully saturated rings. The highest BCUT2D eigenvalue weighted by Crippen LogP contribution is 2.22. The smallest absolute Gasteiger partial charge is 0.309 e. The zero-order chi connectivity index (χ0) is 17.1. The lowest BCUT2D eigenvalue weighted by molar-refractivity contribution is -0.151. The average Bonchev–Trinajstić information content (AvgIpc) is 2.91. The predicted octanol–water partition coefficient (Wildman–Crippen LogP) is 2.75. The van der Waals surface area contributed by atoms with Crippen LogP contribution >= 0.6 is 0 Å². The Hall–Kier alpha value is -2.30. The standard InChI is InChI=1S/C19H24N2O3/c1-3-24-19(23)15-8-10-20(11-9-15)18(22)13-21-14(2)12-16-6-4-5-7-17(16)21/h4-7,12,15H,3,8-11,13H2,1-2H3. The maximum atomic E-state index is 12.7. The number of para-hydroxylation sites is 1. The molecule has 0 radical (unpaired) electrons. The lowest BCUT2D eigenvalue weighted by atomic mass is 9.97. The summed E-state index contributed by atoms with van der Waals surface area (Å²) in [6.45, 7) is 5.86. The van der Waals surface area contributed by atoms with Crippen LogP contribution in [0.5, 0.6) is 0 Å². The third-order valence-electron chi connectivity index (χ3n) is 4.78. The minimum absolute atomic E-state index is 0.0665. The van der Waals surface area contributed by atoms with Gasteiger partial charge in [-0.25, -0.2) is 0 Å². The van der Waals surface area contributed by atoms with Gasteiger partial charge in [-0.1, -0.05) is 18.2 Å². The fourth-order valence-electron chi connectivity index (χ4n) is 3.42. The number of hydrogen-bond acceptors (Lipinski definition) is 3. The van der Waals surface area contributed by atoms with Gasteiger partial charge in [0.25, 0.3) is 0 Å². The maximum absolute atomic E-state index is 12.7. The highest BCUT2D eigenvalue weighted by atomic mass is 16.5. The summed E-state index contributed by atoms with van der Waals surface area (Å²) in [5.41, 5.74) is 2.18. The van der Waals surface area contributed by atoms with Crippen molar-refractivity contribution >= 4 is 22.8 Å². The summed E-state index contributed by atoms with van der Waals surface area (Å²) in [6, 6.07) is 10.2. The number of ether oxygens (including phenoxy) is 1. The molecule has 3 rings (SSSR count). The molecule has 0 bridgehead atoms. The first kappa shape index (κ1) is 16.6. The molecule has 2 aromatic rings. The van der Waals surface area contributed by atoms with E-state index in [4.69, 9.17) is 4.74 Å². The first-order chi connectivity index (χ1) is 11.6. The SMILES string of the molecule is CCOC(=O)C1CCN(C(=O)Cn2c(C)cc3ccccc32)CC1. The average molecular weight is 328 g/mol. The van der Waals surface area contributed by atoms with E-state index in [1.165, 1.54) is 0 Å². The quantitative estimate of drug-likeness (QED) is 0.811. The number of carbonyl (C=O) groups is 2. The van der Waals surface area contributed by atoms with Gasteiger partial charge in [0.15, 0.2) is 0 Å². The molecule has 1 aliphatic heterocycles. The van der Waals surface area contributed by atoms with Gasteiger partial charge >= 0.3 is 5.97 Å². The monoisotopic (exact) mass is 328 g/mol. The number of carbonyl (C=O) groups excluding carboxylic acids is 2. The Bertz CT molecular complexity index is 742. The fourth-order valence-corrected chi connectivity index (χ4v) is 3.42. The highest BCUT2D eigenvalue weighted by Gasteiger charge is 2.28. The molecule has 1 amide bonds. The van der Waals surface area contributed by atoms with E-state index >= 15 is 0 Å². The molecule has 1 aromatic carbocycles. The van der Waals surface area contributed by atoms with Crippen LogP contribution in [-0.2, 0) is 20.9 Å². The second kappa shape index (κ2) is 7.07. The van der Waals surface area contributed by atoms with Crippen molar-refractivity contribution in [3.05, 3.63) is 36.0 Å². The number of fused-ring (bicyclic) bond motifs is 1. The molecule has 1 aliphatic rings. The van der Waals surface area contributed by atoms with Crippen molar-refractivity contribution in [1.29, 1.82) is 0 Å². The molecular formula is C19H24N2O3. The molecule has 1 saturated heterocycles. The zero-order valence-electron chi connectivity index (χ0n) is 14.3. The number of likely N-dealkylation sites (tertiary alicyclic amines) is 1. The Morgan fingerprint density at radius 1 is 1.21 bits per heavy atom. The minimum Gasteiger partial charge on any atom is -0.466 e. The molecular weight excluding hydrogens is 304 g/mol. The first-order valence-corrected chi connectivity index (χ1v) is 8.59. The van der Waals surface area contributed by atoms with Crippen molar-refractivity contribution in [3.63, 3.8) is 0 Å². The lowest BCUT2D eigenvalue weighted by Crippen LogP contribution is -2.42. The molecule has 5 nitrogen and oxygen atoms in total. The summed E-state index contributed by atoms with van der Waals surface area (Å²) >= 11 is 0. The van der Waals surface area contributed by atoms with Crippen molar-refractivity contribution in [2.24, 2.45) is 5.92 Å². The molecule has 0 N–H and O–H groups in total. The van der Waals surface area contributed by atoms with Crippen molar-refractivity contribution in [2.45, 2.75) is 33.2 Å². The molecule has 0 spiro atoms. The van der Waals surface area contributed by atoms with E-state index in [0.29, 0.717) is 39.1 Å². The number of rotatable bonds is 4. The Labute approximate surface area is 142 Å². The van der Waals surface area contributed by atoms with Gasteiger partial charge in [-0.3, -0.25) is 9.59 Å². The van der Waals surface area contributed by atoms with Crippen LogP contribution < -0.4 is 0 Å². The second-order valence-corrected chi connectivity index (χ2v) is 6.34. The maximum Gasteiger partial charge on any atom is 0.309 e. The van der Waals surface area contributed by atoms with Gasteiger partial charge in [0.2, 0.25) is 5.91 Å². The summed E-state index contributed by atoms with van der Waals surface area (Å²) in [4.78, 5) is 26.3. The molecule has 2 heterocycles. The van der Waals surface area contributed by atoms with E-state index in [1.54, 1.807) is 0 Å². The van der Waals surface area contributed by atoms with Crippen LogP contribution in [0.25, 0.3) is 10.9 Å². The van der Waals surface area contributed by atoms with Gasteiger partial charge in [0, 0.05) is 24.3 Å². The third-order valence-corrected chi connectivity index (χ3v) is 4.78. The largest absolute Gasteiger partial charge is 0.466 e. The fraction of sp³-hybridized carbons (Fsp3) is 0.474. The number of esters is 1. The normalized spacial score (nSPS) is 15.7. The van der Waals surface area contributed by atoms with E-state index in [1.807, 2.05) is 36.9 Å². The van der Waals surface area contributed by atoms with E-state index in [0.717, 1.165) is 16.6 Å². The molecule has 128 valence electrons. The highest BCUT2D eigenvalue weighted by molar-refractivity contribution is 5.84. The molecule has 0 unspecified atom stereocenters. The number of aromatic nitrogens is 1. The Kier molecular flexibility index (Phi) is 4.88. The Morgan fingerprint density at radius 3 is 2.62 bits per heavy atom. The zero-order valence-corrected chi connectivity index (χ0v) is 14.3. The van der Waals surface area contributed by atoms with Crippen molar-refractivity contribution < 1.29 is 14.3 Å². The number of benzene rings is 1. The second-order valence-electron chi connectivity index (χ2n) is 6.34. The molecule has 5 heteroatoms. The van der Waals surface area contributed by atoms with Crippen molar-refractivity contribution in [3.8, 4) is 0 Å². The molecule has 0 atom stereocenters. The lowest BCUT2D eigenvalue weighted by Gasteiger charge is -2.31. The van der Waals surface area contributed by atoms with E-state index in [2.05, 4.69) is 16.7 Å². The summed E-state index contributed by atoms with van der Waals surface area (Å²) < 4.78 is 7.14. The minimum atomic E-state index is -0.128. The van der Waals surface area contributed by atoms with E-state index < -0.39 is 0 Å². The molecule has 1 aromatic heterocycles. The van der Waals surface area contributed by atoms with Gasteiger partial charge in [-0.15, -0.1) is 0 Å². The summed E-state index contributed by atoms with van der Waals surface area (Å²) in [5.74, 6) is -0.0817. The van der Waals surface area contributed by atoms with Crippen LogP contribution in [0.15, 0.2) is 30.3 Å². The number of amides is 1. The number of nitrogens with zero attached hydrogens (tertiary/aromatic N) is 2. The third kappa shape index (κ3) is 3.30. The van der Waals surface area contributed by atoms with Gasteiger partial charge in [-0.2, -0.15) is 0 Å². The van der Waals surface area contributed by atoms with Crippen LogP contribution in [0, 0.1) is 12.8 Å².